The summed E-state index contributed by atoms with van der Waals surface area (Å²) in [6, 6.07) is 0. The fraction of sp³-hybridized carbons (Fsp3) is 0.889. The minimum Gasteiger partial charge on any atom is -0.465 e. The molecule has 6 atom stereocenters. The standard InChI is InChI=1S/C18H26O7/c19-17(21-5-1-3-11-9-23-11)13-7-15-16(25-15)8-14(13)18(20)22-6-2-4-12-10-24-12/h11-16H,1-10H2. The Balaban J connectivity index is 1.22. The van der Waals surface area contributed by atoms with Crippen molar-refractivity contribution in [1.29, 1.82) is 0 Å². The highest BCUT2D eigenvalue weighted by Gasteiger charge is 2.53. The van der Waals surface area contributed by atoms with Crippen LogP contribution in [0.3, 0.4) is 0 Å². The van der Waals surface area contributed by atoms with Crippen molar-refractivity contribution in [2.45, 2.75) is 62.9 Å². The number of carbonyl (C=O) groups excluding carboxylic acids is 2. The predicted molar refractivity (Wildman–Crippen MR) is 84.7 cm³/mol. The summed E-state index contributed by atoms with van der Waals surface area (Å²) in [4.78, 5) is 24.9. The van der Waals surface area contributed by atoms with Crippen molar-refractivity contribution in [2.75, 3.05) is 26.4 Å². The van der Waals surface area contributed by atoms with Gasteiger partial charge in [-0.3, -0.25) is 9.59 Å². The van der Waals surface area contributed by atoms with Crippen molar-refractivity contribution < 1.29 is 33.3 Å². The smallest absolute Gasteiger partial charge is 0.309 e. The fourth-order valence-electron chi connectivity index (χ4n) is 3.59. The first kappa shape index (κ1) is 17.2. The number of esters is 2. The molecule has 140 valence electrons. The van der Waals surface area contributed by atoms with Crippen LogP contribution in [0.1, 0.15) is 38.5 Å². The first-order valence-electron chi connectivity index (χ1n) is 9.42. The SMILES string of the molecule is O=C(OCCCC1CO1)C1CC2OC2CC1C(=O)OCCCC1CO1. The predicted octanol–water partition coefficient (Wildman–Crippen LogP) is 1.22. The lowest BCUT2D eigenvalue weighted by atomic mass is 9.79. The highest BCUT2D eigenvalue weighted by Crippen LogP contribution is 2.43. The summed E-state index contributed by atoms with van der Waals surface area (Å²) < 4.78 is 26.6. The average molecular weight is 354 g/mol. The lowest BCUT2D eigenvalue weighted by molar-refractivity contribution is -0.162. The number of fused-ring (bicyclic) bond motifs is 1. The largest absolute Gasteiger partial charge is 0.465 e. The first-order chi connectivity index (χ1) is 12.2. The molecule has 25 heavy (non-hydrogen) atoms. The molecule has 3 heterocycles. The van der Waals surface area contributed by atoms with E-state index in [1.54, 1.807) is 0 Å². The Morgan fingerprint density at radius 1 is 0.800 bits per heavy atom. The van der Waals surface area contributed by atoms with Gasteiger partial charge in [0.25, 0.3) is 0 Å². The molecule has 3 aliphatic heterocycles. The maximum atomic E-state index is 12.4. The van der Waals surface area contributed by atoms with Crippen LogP contribution in [0.25, 0.3) is 0 Å². The molecule has 0 aromatic rings. The summed E-state index contributed by atoms with van der Waals surface area (Å²) in [6.45, 7) is 2.40. The molecule has 4 aliphatic rings. The molecule has 0 radical (unpaired) electrons. The second kappa shape index (κ2) is 7.60. The molecule has 7 heteroatoms. The Bertz CT molecular complexity index is 456. The Hall–Kier alpha value is -1.18. The average Bonchev–Trinajstić information content (AvgIpc) is 3.45. The quantitative estimate of drug-likeness (QED) is 0.331. The molecule has 6 unspecified atom stereocenters. The zero-order chi connectivity index (χ0) is 17.2. The minimum atomic E-state index is -0.444. The molecule has 0 spiro atoms. The molecule has 3 saturated heterocycles. The Labute approximate surface area is 147 Å². The molecule has 1 aliphatic carbocycles. The van der Waals surface area contributed by atoms with Gasteiger partial charge >= 0.3 is 11.9 Å². The van der Waals surface area contributed by atoms with Crippen molar-refractivity contribution in [3.8, 4) is 0 Å². The lowest BCUT2D eigenvalue weighted by Gasteiger charge is -2.26. The first-order valence-corrected chi connectivity index (χ1v) is 9.42. The second-order valence-electron chi connectivity index (χ2n) is 7.43. The normalized spacial score (nSPS) is 37.8. The van der Waals surface area contributed by atoms with Crippen LogP contribution in [0.5, 0.6) is 0 Å². The summed E-state index contributed by atoms with van der Waals surface area (Å²) in [7, 11) is 0. The molecule has 0 N–H and O–H groups in total. The molecule has 0 amide bonds. The lowest BCUT2D eigenvalue weighted by Crippen LogP contribution is -2.38. The molecular formula is C18H26O7. The number of rotatable bonds is 10. The van der Waals surface area contributed by atoms with E-state index in [4.69, 9.17) is 23.7 Å². The van der Waals surface area contributed by atoms with Gasteiger partial charge < -0.3 is 23.7 Å². The van der Waals surface area contributed by atoms with E-state index in [1.165, 1.54) is 0 Å². The molecule has 0 bridgehead atoms. The molecular weight excluding hydrogens is 328 g/mol. The minimum absolute atomic E-state index is 0.105. The summed E-state index contributed by atoms with van der Waals surface area (Å²) in [5.74, 6) is -1.47. The van der Waals surface area contributed by atoms with Gasteiger partial charge in [-0.2, -0.15) is 0 Å². The van der Waals surface area contributed by atoms with Crippen LogP contribution in [-0.2, 0) is 33.3 Å². The van der Waals surface area contributed by atoms with Crippen molar-refractivity contribution >= 4 is 11.9 Å². The van der Waals surface area contributed by atoms with E-state index in [9.17, 15) is 9.59 Å². The van der Waals surface area contributed by atoms with E-state index in [0.717, 1.165) is 38.9 Å². The van der Waals surface area contributed by atoms with Gasteiger partial charge in [-0.15, -0.1) is 0 Å². The Kier molecular flexibility index (Phi) is 5.24. The maximum Gasteiger partial charge on any atom is 0.309 e. The van der Waals surface area contributed by atoms with Gasteiger partial charge in [-0.25, -0.2) is 0 Å². The van der Waals surface area contributed by atoms with Crippen molar-refractivity contribution in [2.24, 2.45) is 11.8 Å². The summed E-state index contributed by atoms with van der Waals surface area (Å²) in [5, 5.41) is 0. The zero-order valence-corrected chi connectivity index (χ0v) is 14.4. The second-order valence-corrected chi connectivity index (χ2v) is 7.43. The number of ether oxygens (including phenoxy) is 5. The Morgan fingerprint density at radius 3 is 1.64 bits per heavy atom. The van der Waals surface area contributed by atoms with Gasteiger partial charge in [-0.05, 0) is 38.5 Å². The number of hydrogen-bond donors (Lipinski definition) is 0. The van der Waals surface area contributed by atoms with Crippen LogP contribution in [0.4, 0.5) is 0 Å². The fourth-order valence-corrected chi connectivity index (χ4v) is 3.59. The third kappa shape index (κ3) is 4.92. The van der Waals surface area contributed by atoms with Gasteiger partial charge in [0.1, 0.15) is 0 Å². The van der Waals surface area contributed by atoms with E-state index in [1.807, 2.05) is 0 Å². The van der Waals surface area contributed by atoms with Crippen molar-refractivity contribution in [1.82, 2.24) is 0 Å². The van der Waals surface area contributed by atoms with Crippen molar-refractivity contribution in [3.05, 3.63) is 0 Å². The monoisotopic (exact) mass is 354 g/mol. The third-order valence-electron chi connectivity index (χ3n) is 5.39. The summed E-state index contributed by atoms with van der Waals surface area (Å²) in [5.41, 5.74) is 0. The van der Waals surface area contributed by atoms with Gasteiger partial charge in [-0.1, -0.05) is 0 Å². The molecule has 4 fully saturated rings. The van der Waals surface area contributed by atoms with E-state index in [-0.39, 0.29) is 24.1 Å². The van der Waals surface area contributed by atoms with Gasteiger partial charge in [0.05, 0.1) is 62.7 Å². The van der Waals surface area contributed by atoms with Gasteiger partial charge in [0, 0.05) is 0 Å². The van der Waals surface area contributed by atoms with E-state index < -0.39 is 11.8 Å². The summed E-state index contributed by atoms with van der Waals surface area (Å²) in [6.07, 6.45) is 5.45. The molecule has 0 aromatic heterocycles. The van der Waals surface area contributed by atoms with Crippen LogP contribution in [0.2, 0.25) is 0 Å². The maximum absolute atomic E-state index is 12.4. The Morgan fingerprint density at radius 2 is 1.24 bits per heavy atom. The van der Waals surface area contributed by atoms with Gasteiger partial charge in [0.15, 0.2) is 0 Å². The highest BCUT2D eigenvalue weighted by molar-refractivity contribution is 5.82. The molecule has 0 aromatic carbocycles. The zero-order valence-electron chi connectivity index (χ0n) is 14.4. The van der Waals surface area contributed by atoms with Crippen molar-refractivity contribution in [3.63, 3.8) is 0 Å². The van der Waals surface area contributed by atoms with Crippen LogP contribution in [0.15, 0.2) is 0 Å². The topological polar surface area (TPSA) is 90.2 Å². The van der Waals surface area contributed by atoms with Crippen LogP contribution in [0, 0.1) is 11.8 Å². The summed E-state index contributed by atoms with van der Waals surface area (Å²) >= 11 is 0. The van der Waals surface area contributed by atoms with Crippen LogP contribution < -0.4 is 0 Å². The molecule has 4 rings (SSSR count). The van der Waals surface area contributed by atoms with E-state index >= 15 is 0 Å². The van der Waals surface area contributed by atoms with Gasteiger partial charge in [0.2, 0.25) is 0 Å². The van der Waals surface area contributed by atoms with Crippen LogP contribution >= 0.6 is 0 Å². The van der Waals surface area contributed by atoms with E-state index in [2.05, 4.69) is 0 Å². The highest BCUT2D eigenvalue weighted by atomic mass is 16.6. The van der Waals surface area contributed by atoms with Crippen LogP contribution in [-0.4, -0.2) is 62.8 Å². The number of hydrogen-bond acceptors (Lipinski definition) is 7. The number of carbonyl (C=O) groups is 2. The third-order valence-corrected chi connectivity index (χ3v) is 5.39. The number of epoxide rings is 3. The molecule has 1 saturated carbocycles. The molecule has 7 nitrogen and oxygen atoms in total. The van der Waals surface area contributed by atoms with E-state index in [0.29, 0.717) is 38.3 Å².